The molecule has 2 N–H and O–H groups in total. The fraction of sp³-hybridized carbons (Fsp3) is 0.321. The molecule has 188 valence electrons. The van der Waals surface area contributed by atoms with E-state index < -0.39 is 17.9 Å². The second-order valence-corrected chi connectivity index (χ2v) is 8.87. The summed E-state index contributed by atoms with van der Waals surface area (Å²) in [7, 11) is 1.56. The molecule has 1 aliphatic carbocycles. The molecule has 4 rings (SSSR count). The number of rotatable bonds is 9. The maximum absolute atomic E-state index is 13.8. The van der Waals surface area contributed by atoms with E-state index in [4.69, 9.17) is 9.15 Å². The molecule has 8 nitrogen and oxygen atoms in total. The zero-order valence-corrected chi connectivity index (χ0v) is 20.5. The number of methoxy groups -OCH3 is 1. The van der Waals surface area contributed by atoms with Crippen molar-refractivity contribution < 1.29 is 23.5 Å². The molecule has 36 heavy (non-hydrogen) atoms. The lowest BCUT2D eigenvalue weighted by Gasteiger charge is -2.33. The number of aryl methyl sites for hydroxylation is 1. The molecule has 1 aliphatic rings. The van der Waals surface area contributed by atoms with Crippen LogP contribution in [0.25, 0.3) is 0 Å². The van der Waals surface area contributed by atoms with E-state index in [2.05, 4.69) is 10.6 Å². The lowest BCUT2D eigenvalue weighted by molar-refractivity contribution is -0.126. The first-order valence-electron chi connectivity index (χ1n) is 12.1. The van der Waals surface area contributed by atoms with Crippen LogP contribution in [-0.2, 0) is 9.59 Å². The quantitative estimate of drug-likeness (QED) is 0.470. The number of nitrogens with zero attached hydrogens (tertiary/aromatic N) is 1. The van der Waals surface area contributed by atoms with E-state index >= 15 is 0 Å². The molecule has 1 unspecified atom stereocenters. The van der Waals surface area contributed by atoms with Crippen LogP contribution in [0.1, 0.15) is 53.4 Å². The van der Waals surface area contributed by atoms with Gasteiger partial charge in [0.15, 0.2) is 5.76 Å². The Hall–Kier alpha value is -4.07. The van der Waals surface area contributed by atoms with Crippen molar-refractivity contribution in [1.82, 2.24) is 10.6 Å². The highest BCUT2D eigenvalue weighted by atomic mass is 16.5. The number of hydrogen-bond donors (Lipinski definition) is 2. The summed E-state index contributed by atoms with van der Waals surface area (Å²) in [5, 5.41) is 5.77. The van der Waals surface area contributed by atoms with Crippen molar-refractivity contribution in [2.24, 2.45) is 0 Å². The molecule has 1 heterocycles. The van der Waals surface area contributed by atoms with E-state index in [1.807, 2.05) is 31.2 Å². The van der Waals surface area contributed by atoms with Gasteiger partial charge in [-0.25, -0.2) is 0 Å². The van der Waals surface area contributed by atoms with Crippen LogP contribution in [0.15, 0.2) is 71.3 Å². The van der Waals surface area contributed by atoms with Gasteiger partial charge in [0.05, 0.1) is 19.9 Å². The Morgan fingerprint density at radius 2 is 1.75 bits per heavy atom. The summed E-state index contributed by atoms with van der Waals surface area (Å²) in [5.41, 5.74) is 2.12. The fourth-order valence-electron chi connectivity index (χ4n) is 4.56. The summed E-state index contributed by atoms with van der Waals surface area (Å²) >= 11 is 0. The average Bonchev–Trinajstić information content (AvgIpc) is 3.61. The third-order valence-corrected chi connectivity index (χ3v) is 6.46. The molecule has 1 aromatic heterocycles. The Bertz CT molecular complexity index is 1180. The Kier molecular flexibility index (Phi) is 8.05. The molecule has 0 radical (unpaired) electrons. The van der Waals surface area contributed by atoms with E-state index in [1.54, 1.807) is 37.4 Å². The van der Waals surface area contributed by atoms with Crippen molar-refractivity contribution in [2.45, 2.75) is 44.7 Å². The highest BCUT2D eigenvalue weighted by Gasteiger charge is 2.35. The molecule has 1 fully saturated rings. The number of hydrogen-bond acceptors (Lipinski definition) is 5. The van der Waals surface area contributed by atoms with Gasteiger partial charge in [-0.15, -0.1) is 0 Å². The molecule has 0 aliphatic heterocycles. The minimum atomic E-state index is -0.923. The number of carbonyl (C=O) groups is 3. The predicted octanol–water partition coefficient (Wildman–Crippen LogP) is 4.16. The fourth-order valence-corrected chi connectivity index (χ4v) is 4.56. The minimum absolute atomic E-state index is 0.0792. The van der Waals surface area contributed by atoms with Gasteiger partial charge in [-0.3, -0.25) is 19.3 Å². The van der Waals surface area contributed by atoms with Crippen molar-refractivity contribution in [3.63, 3.8) is 0 Å². The zero-order chi connectivity index (χ0) is 25.5. The van der Waals surface area contributed by atoms with Gasteiger partial charge in [0.1, 0.15) is 11.8 Å². The third kappa shape index (κ3) is 5.76. The summed E-state index contributed by atoms with van der Waals surface area (Å²) in [6.45, 7) is 1.60. The van der Waals surface area contributed by atoms with Crippen molar-refractivity contribution >= 4 is 23.4 Å². The summed E-state index contributed by atoms with van der Waals surface area (Å²) in [6.07, 6.45) is 5.37. The molecular formula is C28H31N3O5. The van der Waals surface area contributed by atoms with Crippen LogP contribution in [0.3, 0.4) is 0 Å². The molecule has 1 saturated carbocycles. The van der Waals surface area contributed by atoms with E-state index in [0.29, 0.717) is 11.4 Å². The van der Waals surface area contributed by atoms with Gasteiger partial charge >= 0.3 is 0 Å². The number of benzene rings is 2. The molecule has 3 amide bonds. The monoisotopic (exact) mass is 489 g/mol. The maximum Gasteiger partial charge on any atom is 0.287 e. The first-order chi connectivity index (χ1) is 17.5. The van der Waals surface area contributed by atoms with E-state index in [9.17, 15) is 14.4 Å². The molecular weight excluding hydrogens is 458 g/mol. The molecule has 0 saturated heterocycles. The van der Waals surface area contributed by atoms with Crippen LogP contribution in [0, 0.1) is 6.92 Å². The van der Waals surface area contributed by atoms with Gasteiger partial charge in [0.2, 0.25) is 11.8 Å². The topological polar surface area (TPSA) is 101 Å². The van der Waals surface area contributed by atoms with Crippen molar-refractivity contribution in [2.75, 3.05) is 18.6 Å². The Labute approximate surface area is 210 Å². The van der Waals surface area contributed by atoms with Crippen molar-refractivity contribution in [3.05, 3.63) is 83.8 Å². The minimum Gasteiger partial charge on any atom is -0.497 e. The van der Waals surface area contributed by atoms with Crippen LogP contribution in [0.4, 0.5) is 5.69 Å². The summed E-state index contributed by atoms with van der Waals surface area (Å²) in [5.74, 6) is -0.466. The van der Waals surface area contributed by atoms with Crippen LogP contribution in [0.2, 0.25) is 0 Å². The second kappa shape index (κ2) is 11.6. The largest absolute Gasteiger partial charge is 0.497 e. The first kappa shape index (κ1) is 25.0. The molecule has 0 bridgehead atoms. The lowest BCUT2D eigenvalue weighted by Crippen LogP contribution is -2.49. The molecule has 0 spiro atoms. The number of anilines is 1. The number of furan rings is 1. The van der Waals surface area contributed by atoms with Crippen LogP contribution < -0.4 is 20.3 Å². The van der Waals surface area contributed by atoms with Crippen LogP contribution in [0.5, 0.6) is 5.75 Å². The smallest absolute Gasteiger partial charge is 0.287 e. The molecule has 8 heteroatoms. The summed E-state index contributed by atoms with van der Waals surface area (Å²) in [6, 6.07) is 16.7. The van der Waals surface area contributed by atoms with E-state index in [0.717, 1.165) is 36.8 Å². The second-order valence-electron chi connectivity index (χ2n) is 8.87. The predicted molar refractivity (Wildman–Crippen MR) is 136 cm³/mol. The summed E-state index contributed by atoms with van der Waals surface area (Å²) in [4.78, 5) is 41.4. The van der Waals surface area contributed by atoms with E-state index in [-0.39, 0.29) is 24.3 Å². The Morgan fingerprint density at radius 3 is 2.39 bits per heavy atom. The highest BCUT2D eigenvalue weighted by Crippen LogP contribution is 2.32. The van der Waals surface area contributed by atoms with Gasteiger partial charge in [-0.1, -0.05) is 37.1 Å². The highest BCUT2D eigenvalue weighted by molar-refractivity contribution is 6.04. The molecule has 3 aromatic rings. The molecule has 1 atom stereocenters. The van der Waals surface area contributed by atoms with Gasteiger partial charge in [0, 0.05) is 11.7 Å². The number of carbonyl (C=O) groups excluding carboxylic acids is 3. The first-order valence-corrected chi connectivity index (χ1v) is 12.1. The number of nitrogens with one attached hydrogen (secondary N) is 2. The molecule has 2 aromatic carbocycles. The Balaban J connectivity index is 1.70. The number of ether oxygens (including phenoxy) is 1. The normalized spacial score (nSPS) is 14.2. The van der Waals surface area contributed by atoms with Gasteiger partial charge in [-0.05, 0) is 67.3 Å². The van der Waals surface area contributed by atoms with Gasteiger partial charge < -0.3 is 19.8 Å². The van der Waals surface area contributed by atoms with Gasteiger partial charge in [-0.2, -0.15) is 0 Å². The van der Waals surface area contributed by atoms with Crippen LogP contribution >= 0.6 is 0 Å². The van der Waals surface area contributed by atoms with E-state index in [1.165, 1.54) is 17.2 Å². The van der Waals surface area contributed by atoms with Gasteiger partial charge in [0.25, 0.3) is 5.91 Å². The number of amides is 3. The zero-order valence-electron chi connectivity index (χ0n) is 20.5. The summed E-state index contributed by atoms with van der Waals surface area (Å²) < 4.78 is 10.4. The SMILES string of the molecule is COc1ccc(N(C(=O)CNC(=O)c2ccco2)C(C(=O)NC2CCCC2)c2ccccc2C)cc1. The average molecular weight is 490 g/mol. The Morgan fingerprint density at radius 1 is 1.03 bits per heavy atom. The lowest BCUT2D eigenvalue weighted by atomic mass is 9.97. The maximum atomic E-state index is 13.8. The van der Waals surface area contributed by atoms with Crippen LogP contribution in [-0.4, -0.2) is 37.4 Å². The van der Waals surface area contributed by atoms with Crippen molar-refractivity contribution in [3.8, 4) is 5.75 Å². The standard InChI is InChI=1S/C28H31N3O5/c1-19-8-3-6-11-23(19)26(28(34)30-20-9-4-5-10-20)31(21-13-15-22(35-2)16-14-21)25(32)18-29-27(33)24-12-7-17-36-24/h3,6-8,11-17,20,26H,4-5,9-10,18H2,1-2H3,(H,29,33)(H,30,34). The van der Waals surface area contributed by atoms with Crippen molar-refractivity contribution in [1.29, 1.82) is 0 Å². The third-order valence-electron chi connectivity index (χ3n) is 6.46.